The molecule has 0 saturated heterocycles. The first-order valence-electron chi connectivity index (χ1n) is 3.88. The van der Waals surface area contributed by atoms with Crippen LogP contribution in [0.15, 0.2) is 28.2 Å². The van der Waals surface area contributed by atoms with Gasteiger partial charge >= 0.3 is 0 Å². The molecule has 7 nitrogen and oxygen atoms in total. The predicted molar refractivity (Wildman–Crippen MR) is 48.7 cm³/mol. The Morgan fingerprint density at radius 3 is 3.36 bits per heavy atom. The van der Waals surface area contributed by atoms with Crippen molar-refractivity contribution in [3.05, 3.63) is 44.8 Å². The van der Waals surface area contributed by atoms with Crippen LogP contribution in [-0.2, 0) is 6.54 Å². The summed E-state index contributed by atoms with van der Waals surface area (Å²) in [7, 11) is 0. The second-order valence-electron chi connectivity index (χ2n) is 2.63. The Labute approximate surface area is 77.6 Å². The Balaban J connectivity index is 2.58. The molecule has 0 spiro atoms. The zero-order valence-corrected chi connectivity index (χ0v) is 7.08. The summed E-state index contributed by atoms with van der Waals surface area (Å²) in [5.41, 5.74) is 8.87. The number of hydrogen-bond acceptors (Lipinski definition) is 3. The summed E-state index contributed by atoms with van der Waals surface area (Å²) in [6.07, 6.45) is 1.61. The summed E-state index contributed by atoms with van der Waals surface area (Å²) >= 11 is 0. The average molecular weight is 190 g/mol. The minimum Gasteiger partial charge on any atom is -0.297 e. The highest BCUT2D eigenvalue weighted by molar-refractivity contribution is 5.36. The van der Waals surface area contributed by atoms with Crippen molar-refractivity contribution >= 4 is 5.65 Å². The van der Waals surface area contributed by atoms with Gasteiger partial charge in [-0.25, -0.2) is 9.50 Å². The molecule has 0 aliphatic rings. The molecule has 2 aromatic rings. The first-order valence-corrected chi connectivity index (χ1v) is 3.88. The fourth-order valence-corrected chi connectivity index (χ4v) is 1.16. The Morgan fingerprint density at radius 2 is 2.57 bits per heavy atom. The highest BCUT2D eigenvalue weighted by Crippen LogP contribution is 1.98. The summed E-state index contributed by atoms with van der Waals surface area (Å²) in [5, 5.41) is 6.04. The van der Waals surface area contributed by atoms with Crippen LogP contribution < -0.4 is 5.56 Å². The number of rotatable bonds is 2. The summed E-state index contributed by atoms with van der Waals surface area (Å²) in [5.74, 6) is 0. The molecule has 1 N–H and O–H groups in total. The lowest BCUT2D eigenvalue weighted by atomic mass is 10.4. The third kappa shape index (κ3) is 1.32. The first kappa shape index (κ1) is 8.33. The molecule has 0 bridgehead atoms. The van der Waals surface area contributed by atoms with Gasteiger partial charge in [-0.3, -0.25) is 9.89 Å². The highest BCUT2D eigenvalue weighted by Gasteiger charge is 2.00. The lowest BCUT2D eigenvalue weighted by molar-refractivity contribution is 0.867. The van der Waals surface area contributed by atoms with Crippen LogP contribution in [0, 0.1) is 0 Å². The van der Waals surface area contributed by atoms with Crippen molar-refractivity contribution in [2.75, 3.05) is 0 Å². The monoisotopic (exact) mass is 190 g/mol. The molecule has 0 unspecified atom stereocenters. The van der Waals surface area contributed by atoms with Gasteiger partial charge < -0.3 is 0 Å². The Kier molecular flexibility index (Phi) is 1.92. The number of aromatic nitrogens is 3. The van der Waals surface area contributed by atoms with Gasteiger partial charge in [0.15, 0.2) is 5.65 Å². The fourth-order valence-electron chi connectivity index (χ4n) is 1.16. The number of nitrogens with one attached hydrogen (secondary N) is 1. The highest BCUT2D eigenvalue weighted by atomic mass is 16.1. The summed E-state index contributed by atoms with van der Waals surface area (Å²) in [4.78, 5) is 18.1. The predicted octanol–water partition coefficient (Wildman–Crippen LogP) is 0.833. The van der Waals surface area contributed by atoms with E-state index in [1.165, 1.54) is 10.6 Å². The molecule has 2 rings (SSSR count). The topological polar surface area (TPSA) is 98.9 Å². The number of hydrogen-bond donors (Lipinski definition) is 1. The van der Waals surface area contributed by atoms with E-state index in [1.807, 2.05) is 0 Å². The van der Waals surface area contributed by atoms with Gasteiger partial charge in [0.05, 0.1) is 12.2 Å². The molecule has 0 aliphatic heterocycles. The van der Waals surface area contributed by atoms with E-state index in [0.717, 1.165) is 0 Å². The molecule has 0 saturated carbocycles. The smallest absolute Gasteiger partial charge is 0.272 e. The number of azide groups is 1. The van der Waals surface area contributed by atoms with E-state index in [1.54, 1.807) is 12.3 Å². The van der Waals surface area contributed by atoms with Gasteiger partial charge in [0.25, 0.3) is 5.56 Å². The van der Waals surface area contributed by atoms with Crippen LogP contribution in [0.25, 0.3) is 16.1 Å². The molecule has 0 fully saturated rings. The lowest BCUT2D eigenvalue weighted by Gasteiger charge is -1.95. The Hall–Kier alpha value is -2.27. The Morgan fingerprint density at radius 1 is 1.71 bits per heavy atom. The SMILES string of the molecule is [N-]=[N+]=NCc1cc(=O)n2[nH]ccc2n1. The van der Waals surface area contributed by atoms with Crippen LogP contribution in [-0.4, -0.2) is 14.6 Å². The first-order chi connectivity index (χ1) is 6.81. The minimum absolute atomic E-state index is 0.0907. The summed E-state index contributed by atoms with van der Waals surface area (Å²) in [6, 6.07) is 3.00. The van der Waals surface area contributed by atoms with Crippen LogP contribution in [0.2, 0.25) is 0 Å². The number of nitrogens with zero attached hydrogens (tertiary/aromatic N) is 5. The van der Waals surface area contributed by atoms with Gasteiger partial charge in [-0.15, -0.1) is 0 Å². The summed E-state index contributed by atoms with van der Waals surface area (Å²) < 4.78 is 1.31. The van der Waals surface area contributed by atoms with E-state index in [9.17, 15) is 4.79 Å². The van der Waals surface area contributed by atoms with Crippen LogP contribution in [0.3, 0.4) is 0 Å². The lowest BCUT2D eigenvalue weighted by Crippen LogP contribution is -2.14. The van der Waals surface area contributed by atoms with Crippen molar-refractivity contribution in [2.45, 2.75) is 6.54 Å². The molecule has 14 heavy (non-hydrogen) atoms. The van der Waals surface area contributed by atoms with Crippen molar-refractivity contribution < 1.29 is 0 Å². The van der Waals surface area contributed by atoms with E-state index in [-0.39, 0.29) is 12.1 Å². The molecular weight excluding hydrogens is 184 g/mol. The van der Waals surface area contributed by atoms with E-state index < -0.39 is 0 Å². The fraction of sp³-hybridized carbons (Fsp3) is 0.143. The normalized spacial score (nSPS) is 10.0. The van der Waals surface area contributed by atoms with Crippen LogP contribution >= 0.6 is 0 Å². The van der Waals surface area contributed by atoms with Gasteiger partial charge in [-0.1, -0.05) is 5.11 Å². The van der Waals surface area contributed by atoms with E-state index in [2.05, 4.69) is 20.1 Å². The molecule has 7 heteroatoms. The standard InChI is InChI=1S/C7H6N6O/c8-12-9-4-5-3-7(14)13-6(11-5)1-2-10-13/h1-3,10H,4H2. The van der Waals surface area contributed by atoms with E-state index in [4.69, 9.17) is 5.53 Å². The minimum atomic E-state index is -0.219. The van der Waals surface area contributed by atoms with Crippen molar-refractivity contribution in [1.82, 2.24) is 14.6 Å². The molecule has 0 aromatic carbocycles. The summed E-state index contributed by atoms with van der Waals surface area (Å²) in [6.45, 7) is 0.0907. The second kappa shape index (κ2) is 3.23. The molecular formula is C7H6N6O. The van der Waals surface area contributed by atoms with Gasteiger partial charge in [0.1, 0.15) is 0 Å². The van der Waals surface area contributed by atoms with E-state index in [0.29, 0.717) is 11.3 Å². The van der Waals surface area contributed by atoms with Gasteiger partial charge in [-0.2, -0.15) is 0 Å². The number of aromatic amines is 1. The zero-order chi connectivity index (χ0) is 9.97. The quantitative estimate of drug-likeness (QED) is 0.431. The third-order valence-corrected chi connectivity index (χ3v) is 1.73. The maximum absolute atomic E-state index is 11.4. The van der Waals surface area contributed by atoms with Crippen molar-refractivity contribution in [3.8, 4) is 0 Å². The van der Waals surface area contributed by atoms with Crippen LogP contribution in [0.4, 0.5) is 0 Å². The molecule has 0 radical (unpaired) electrons. The van der Waals surface area contributed by atoms with E-state index >= 15 is 0 Å². The van der Waals surface area contributed by atoms with Gasteiger partial charge in [0, 0.05) is 23.2 Å². The molecule has 0 amide bonds. The Bertz CT molecular complexity index is 561. The largest absolute Gasteiger partial charge is 0.297 e. The maximum Gasteiger partial charge on any atom is 0.272 e. The van der Waals surface area contributed by atoms with Crippen LogP contribution in [0.1, 0.15) is 5.69 Å². The van der Waals surface area contributed by atoms with Crippen molar-refractivity contribution in [3.63, 3.8) is 0 Å². The average Bonchev–Trinajstić information content (AvgIpc) is 2.63. The van der Waals surface area contributed by atoms with Gasteiger partial charge in [-0.05, 0) is 5.53 Å². The molecule has 0 aliphatic carbocycles. The second-order valence-corrected chi connectivity index (χ2v) is 2.63. The zero-order valence-electron chi connectivity index (χ0n) is 7.08. The molecule has 2 aromatic heterocycles. The van der Waals surface area contributed by atoms with Gasteiger partial charge in [0.2, 0.25) is 0 Å². The van der Waals surface area contributed by atoms with Crippen molar-refractivity contribution in [2.24, 2.45) is 5.11 Å². The third-order valence-electron chi connectivity index (χ3n) is 1.73. The van der Waals surface area contributed by atoms with Crippen molar-refractivity contribution in [1.29, 1.82) is 0 Å². The number of fused-ring (bicyclic) bond motifs is 1. The molecule has 2 heterocycles. The maximum atomic E-state index is 11.4. The molecule has 70 valence electrons. The van der Waals surface area contributed by atoms with Crippen LogP contribution in [0.5, 0.6) is 0 Å². The molecule has 0 atom stereocenters. The number of H-pyrrole nitrogens is 1.